The number of para-hydroxylation sites is 1. The van der Waals surface area contributed by atoms with Crippen LogP contribution in [0.3, 0.4) is 0 Å². The predicted octanol–water partition coefficient (Wildman–Crippen LogP) is 5.91. The molecule has 0 atom stereocenters. The molecule has 0 bridgehead atoms. The monoisotopic (exact) mass is 450 g/mol. The van der Waals surface area contributed by atoms with Crippen molar-refractivity contribution in [1.82, 2.24) is 9.38 Å². The Balaban J connectivity index is 1.95. The molecule has 0 amide bonds. The number of aromatic nitrogens is 2. The minimum absolute atomic E-state index is 0.0370. The molecule has 0 N–H and O–H groups in total. The van der Waals surface area contributed by atoms with Gasteiger partial charge in [-0.2, -0.15) is 8.78 Å². The van der Waals surface area contributed by atoms with Crippen LogP contribution in [0.5, 0.6) is 11.5 Å². The topological polar surface area (TPSA) is 62.1 Å². The maximum atomic E-state index is 12.9. The fraction of sp³-hybridized carbons (Fsp3) is 0.364. The molecule has 0 aliphatic rings. The molecule has 1 aromatic carbocycles. The van der Waals surface area contributed by atoms with Crippen LogP contribution < -0.4 is 9.47 Å². The number of rotatable bonds is 11. The molecule has 0 unspecified atom stereocenters. The van der Waals surface area contributed by atoms with E-state index in [4.69, 9.17) is 9.47 Å². The van der Waals surface area contributed by atoms with Crippen LogP contribution in [0.4, 0.5) is 8.78 Å². The second-order valence-corrected chi connectivity index (χ2v) is 7.44. The van der Waals surface area contributed by atoms with Crippen molar-refractivity contribution in [3.63, 3.8) is 0 Å². The van der Waals surface area contributed by atoms with Crippen molar-refractivity contribution in [2.24, 2.45) is 0 Å². The van der Waals surface area contributed by atoms with Crippen LogP contribution in [0.1, 0.15) is 54.9 Å². The van der Waals surface area contributed by atoms with Gasteiger partial charge in [-0.1, -0.05) is 31.9 Å². The van der Waals surface area contributed by atoms with Crippen molar-refractivity contribution in [2.45, 2.75) is 39.7 Å². The van der Waals surface area contributed by atoms with E-state index in [-0.39, 0.29) is 18.1 Å². The number of ether oxygens (including phenoxy) is 3. The zero-order valence-corrected chi connectivity index (χ0v) is 18.2. The molecule has 2 aromatic heterocycles. The highest BCUT2D eigenvalue weighted by atomic mass is 32.1. The SMILES string of the molecule is CCCCCOc1c(C=Cc2nc3sccn3c2C(=O)OCC)cccc1OC(F)F. The van der Waals surface area contributed by atoms with Crippen molar-refractivity contribution in [3.05, 3.63) is 46.7 Å². The van der Waals surface area contributed by atoms with E-state index in [2.05, 4.69) is 16.6 Å². The van der Waals surface area contributed by atoms with E-state index in [0.717, 1.165) is 19.3 Å². The predicted molar refractivity (Wildman–Crippen MR) is 116 cm³/mol. The second kappa shape index (κ2) is 10.9. The largest absolute Gasteiger partial charge is 0.489 e. The Kier molecular flexibility index (Phi) is 8.00. The lowest BCUT2D eigenvalue weighted by molar-refractivity contribution is -0.0515. The number of thiazole rings is 1. The average molecular weight is 451 g/mol. The maximum Gasteiger partial charge on any atom is 0.387 e. The number of carbonyl (C=O) groups excluding carboxylic acids is 1. The van der Waals surface area contributed by atoms with Gasteiger partial charge in [0, 0.05) is 17.1 Å². The molecule has 3 aromatic rings. The third kappa shape index (κ3) is 5.61. The number of nitrogens with zero attached hydrogens (tertiary/aromatic N) is 2. The Morgan fingerprint density at radius 3 is 2.84 bits per heavy atom. The van der Waals surface area contributed by atoms with Gasteiger partial charge < -0.3 is 14.2 Å². The van der Waals surface area contributed by atoms with Crippen molar-refractivity contribution in [2.75, 3.05) is 13.2 Å². The van der Waals surface area contributed by atoms with Crippen LogP contribution in [0.2, 0.25) is 0 Å². The molecule has 166 valence electrons. The zero-order valence-electron chi connectivity index (χ0n) is 17.3. The fourth-order valence-corrected chi connectivity index (χ4v) is 3.74. The number of fused-ring (bicyclic) bond motifs is 1. The molecule has 0 saturated carbocycles. The summed E-state index contributed by atoms with van der Waals surface area (Å²) >= 11 is 1.39. The fourth-order valence-electron chi connectivity index (χ4n) is 3.02. The minimum Gasteiger partial charge on any atom is -0.489 e. The second-order valence-electron chi connectivity index (χ2n) is 6.56. The number of esters is 1. The molecular weight excluding hydrogens is 426 g/mol. The molecule has 9 heteroatoms. The van der Waals surface area contributed by atoms with E-state index >= 15 is 0 Å². The normalized spacial score (nSPS) is 11.5. The lowest BCUT2D eigenvalue weighted by atomic mass is 10.1. The van der Waals surface area contributed by atoms with Gasteiger partial charge in [-0.3, -0.25) is 4.40 Å². The van der Waals surface area contributed by atoms with Gasteiger partial charge in [0.1, 0.15) is 0 Å². The van der Waals surface area contributed by atoms with E-state index in [1.807, 2.05) is 5.38 Å². The number of halogens is 2. The quantitative estimate of drug-likeness (QED) is 0.268. The lowest BCUT2D eigenvalue weighted by Gasteiger charge is -2.14. The van der Waals surface area contributed by atoms with Gasteiger partial charge >= 0.3 is 12.6 Å². The minimum atomic E-state index is -2.97. The molecular formula is C22H24F2N2O4S. The number of hydrogen-bond donors (Lipinski definition) is 0. The third-order valence-corrected chi connectivity index (χ3v) is 5.15. The highest BCUT2D eigenvalue weighted by Crippen LogP contribution is 2.34. The number of imidazole rings is 1. The molecule has 0 fully saturated rings. The van der Waals surface area contributed by atoms with Crippen molar-refractivity contribution < 1.29 is 27.8 Å². The van der Waals surface area contributed by atoms with Gasteiger partial charge in [-0.25, -0.2) is 9.78 Å². The average Bonchev–Trinajstić information content (AvgIpc) is 3.31. The van der Waals surface area contributed by atoms with Crippen LogP contribution in [0, 0.1) is 0 Å². The zero-order chi connectivity index (χ0) is 22.2. The van der Waals surface area contributed by atoms with E-state index in [1.54, 1.807) is 41.8 Å². The van der Waals surface area contributed by atoms with Crippen LogP contribution in [-0.4, -0.2) is 35.2 Å². The Bertz CT molecular complexity index is 1050. The first-order chi connectivity index (χ1) is 15.0. The van der Waals surface area contributed by atoms with E-state index in [0.29, 0.717) is 28.5 Å². The molecule has 0 aliphatic heterocycles. The Labute approximate surface area is 183 Å². The van der Waals surface area contributed by atoms with Crippen LogP contribution in [0.25, 0.3) is 17.1 Å². The maximum absolute atomic E-state index is 12.9. The summed E-state index contributed by atoms with van der Waals surface area (Å²) in [5, 5.41) is 1.83. The van der Waals surface area contributed by atoms with Gasteiger partial charge in [0.2, 0.25) is 0 Å². The summed E-state index contributed by atoms with van der Waals surface area (Å²) in [5.74, 6) is -0.294. The van der Waals surface area contributed by atoms with Crippen LogP contribution >= 0.6 is 11.3 Å². The van der Waals surface area contributed by atoms with Gasteiger partial charge in [0.25, 0.3) is 0 Å². The van der Waals surface area contributed by atoms with Crippen molar-refractivity contribution in [1.29, 1.82) is 0 Å². The summed E-state index contributed by atoms with van der Waals surface area (Å²) in [6, 6.07) is 4.77. The summed E-state index contributed by atoms with van der Waals surface area (Å²) < 4.78 is 43.0. The standard InChI is InChI=1S/C22H24F2N2O4S/c1-3-5-6-13-29-19-15(8-7-9-17(19)30-21(23)24)10-11-16-18(20(27)28-4-2)26-12-14-31-22(26)25-16/h7-12,14,21H,3-6,13H2,1-2H3. The molecule has 3 rings (SSSR count). The highest BCUT2D eigenvalue weighted by molar-refractivity contribution is 7.15. The third-order valence-electron chi connectivity index (χ3n) is 4.40. The smallest absolute Gasteiger partial charge is 0.387 e. The van der Waals surface area contributed by atoms with Gasteiger partial charge in [-0.15, -0.1) is 11.3 Å². The number of unbranched alkanes of at least 4 members (excludes halogenated alkanes) is 2. The molecule has 0 spiro atoms. The molecule has 0 radical (unpaired) electrons. The lowest BCUT2D eigenvalue weighted by Crippen LogP contribution is -2.09. The van der Waals surface area contributed by atoms with Crippen LogP contribution in [0.15, 0.2) is 29.8 Å². The summed E-state index contributed by atoms with van der Waals surface area (Å²) in [7, 11) is 0. The number of benzene rings is 1. The van der Waals surface area contributed by atoms with E-state index in [1.165, 1.54) is 17.4 Å². The molecule has 31 heavy (non-hydrogen) atoms. The first kappa shape index (κ1) is 22.7. The summed E-state index contributed by atoms with van der Waals surface area (Å²) in [6.07, 6.45) is 7.84. The Morgan fingerprint density at radius 1 is 1.26 bits per heavy atom. The first-order valence-corrected chi connectivity index (χ1v) is 10.9. The van der Waals surface area contributed by atoms with Gasteiger partial charge in [0.05, 0.1) is 18.9 Å². The number of alkyl halides is 2. The van der Waals surface area contributed by atoms with Crippen molar-refractivity contribution >= 4 is 34.4 Å². The van der Waals surface area contributed by atoms with E-state index < -0.39 is 12.6 Å². The van der Waals surface area contributed by atoms with Gasteiger partial charge in [-0.05, 0) is 31.6 Å². The summed E-state index contributed by atoms with van der Waals surface area (Å²) in [4.78, 5) is 17.6. The van der Waals surface area contributed by atoms with Crippen molar-refractivity contribution in [3.8, 4) is 11.5 Å². The Morgan fingerprint density at radius 2 is 2.10 bits per heavy atom. The summed E-state index contributed by atoms with van der Waals surface area (Å²) in [5.41, 5.74) is 1.27. The molecule has 0 saturated heterocycles. The first-order valence-electron chi connectivity index (χ1n) is 10.1. The molecule has 2 heterocycles. The summed E-state index contributed by atoms with van der Waals surface area (Å²) in [6.45, 7) is 1.45. The molecule has 0 aliphatic carbocycles. The van der Waals surface area contributed by atoms with Gasteiger partial charge in [0.15, 0.2) is 22.2 Å². The molecule has 6 nitrogen and oxygen atoms in total. The number of carbonyl (C=O) groups is 1. The highest BCUT2D eigenvalue weighted by Gasteiger charge is 2.20. The Hall–Kier alpha value is -2.94. The number of hydrogen-bond acceptors (Lipinski definition) is 6. The van der Waals surface area contributed by atoms with E-state index in [9.17, 15) is 13.6 Å². The van der Waals surface area contributed by atoms with Crippen LogP contribution in [-0.2, 0) is 4.74 Å².